The van der Waals surface area contributed by atoms with Gasteiger partial charge in [0.05, 0.1) is 0 Å². The highest BCUT2D eigenvalue weighted by molar-refractivity contribution is 7.91. The van der Waals surface area contributed by atoms with Gasteiger partial charge in [-0.1, -0.05) is 6.08 Å². The van der Waals surface area contributed by atoms with Gasteiger partial charge < -0.3 is 0 Å². The van der Waals surface area contributed by atoms with Crippen molar-refractivity contribution in [2.75, 3.05) is 6.26 Å². The molecule has 0 amide bonds. The highest BCUT2D eigenvalue weighted by Crippen LogP contribution is 1.96. The second-order valence-corrected chi connectivity index (χ2v) is 5.62. The van der Waals surface area contributed by atoms with Crippen LogP contribution in [0.15, 0.2) is 21.0 Å². The molecule has 1 aliphatic heterocycles. The van der Waals surface area contributed by atoms with E-state index in [1.54, 1.807) is 13.0 Å². The first-order chi connectivity index (χ1) is 7.93. The van der Waals surface area contributed by atoms with E-state index in [1.165, 1.54) is 10.9 Å². The van der Waals surface area contributed by atoms with Gasteiger partial charge in [0.1, 0.15) is 0 Å². The summed E-state index contributed by atoms with van der Waals surface area (Å²) in [6.07, 6.45) is 4.20. The fourth-order valence-electron chi connectivity index (χ4n) is 1.34. The maximum absolute atomic E-state index is 11.7. The van der Waals surface area contributed by atoms with Crippen molar-refractivity contribution in [1.29, 1.82) is 0 Å². The van der Waals surface area contributed by atoms with Crippen LogP contribution in [-0.4, -0.2) is 30.0 Å². The Hall–Kier alpha value is -1.90. The Morgan fingerprint density at radius 2 is 2.18 bits per heavy atom. The molecule has 1 unspecified atom stereocenters. The Kier molecular flexibility index (Phi) is 2.62. The second kappa shape index (κ2) is 3.84. The van der Waals surface area contributed by atoms with E-state index in [9.17, 15) is 13.2 Å². The highest BCUT2D eigenvalue weighted by Gasteiger charge is 2.22. The van der Waals surface area contributed by atoms with Crippen LogP contribution < -0.4 is 21.8 Å². The molecule has 1 aromatic rings. The summed E-state index contributed by atoms with van der Waals surface area (Å²) in [5.41, 5.74) is 0.932. The highest BCUT2D eigenvalue weighted by atomic mass is 32.2. The standard InChI is InChI=1S/C8H11N5O3S/c1-3-4-13-7(14)5-6(12-13)9-8(11-10-5)17(2,15)16/h3-4,8,11H,1-2H3,(H,9,12). The lowest BCUT2D eigenvalue weighted by Gasteiger charge is -2.10. The van der Waals surface area contributed by atoms with Crippen molar-refractivity contribution in [2.24, 2.45) is 10.1 Å². The first-order valence-corrected chi connectivity index (χ1v) is 6.72. The molecule has 1 aliphatic rings. The minimum absolute atomic E-state index is 0.0722. The summed E-state index contributed by atoms with van der Waals surface area (Å²) in [4.78, 5) is 15.6. The maximum atomic E-state index is 11.7. The van der Waals surface area contributed by atoms with Crippen molar-refractivity contribution in [3.8, 4) is 0 Å². The number of rotatable bonds is 2. The predicted molar refractivity (Wildman–Crippen MR) is 60.1 cm³/mol. The van der Waals surface area contributed by atoms with E-state index < -0.39 is 15.3 Å². The third kappa shape index (κ3) is 2.00. The van der Waals surface area contributed by atoms with Gasteiger partial charge in [-0.05, 0) is 6.92 Å². The molecule has 0 radical (unpaired) electrons. The van der Waals surface area contributed by atoms with Crippen LogP contribution in [0.1, 0.15) is 6.92 Å². The van der Waals surface area contributed by atoms with Crippen molar-refractivity contribution < 1.29 is 8.42 Å². The minimum atomic E-state index is -3.41. The molecule has 8 nitrogen and oxygen atoms in total. The molecule has 2 rings (SSSR count). The summed E-state index contributed by atoms with van der Waals surface area (Å²) in [6.45, 7) is 1.75. The number of hydrogen-bond acceptors (Lipinski definition) is 6. The molecule has 0 saturated heterocycles. The summed E-state index contributed by atoms with van der Waals surface area (Å²) in [7, 11) is -3.41. The van der Waals surface area contributed by atoms with Gasteiger partial charge in [0.25, 0.3) is 0 Å². The van der Waals surface area contributed by atoms with Crippen molar-refractivity contribution in [1.82, 2.24) is 15.2 Å². The lowest BCUT2D eigenvalue weighted by molar-refractivity contribution is 0.549. The number of hydrogen-bond donors (Lipinski definition) is 2. The maximum Gasteiger partial charge on any atom is 0.300 e. The van der Waals surface area contributed by atoms with E-state index in [0.29, 0.717) is 0 Å². The predicted octanol–water partition coefficient (Wildman–Crippen LogP) is -2.25. The quantitative estimate of drug-likeness (QED) is 0.624. The molecule has 9 heteroatoms. The van der Waals surface area contributed by atoms with Gasteiger partial charge in [0.15, 0.2) is 20.7 Å². The second-order valence-electron chi connectivity index (χ2n) is 3.52. The molecule has 0 fully saturated rings. The number of fused-ring (bicyclic) bond motifs is 1. The van der Waals surface area contributed by atoms with Gasteiger partial charge in [0, 0.05) is 12.5 Å². The van der Waals surface area contributed by atoms with E-state index >= 15 is 0 Å². The van der Waals surface area contributed by atoms with E-state index in [-0.39, 0.29) is 16.4 Å². The van der Waals surface area contributed by atoms with E-state index in [0.717, 1.165) is 6.26 Å². The van der Waals surface area contributed by atoms with E-state index in [4.69, 9.17) is 0 Å². The zero-order valence-electron chi connectivity index (χ0n) is 9.21. The summed E-state index contributed by atoms with van der Waals surface area (Å²) < 4.78 is 23.8. The number of aromatic amines is 1. The van der Waals surface area contributed by atoms with Gasteiger partial charge in [-0.3, -0.25) is 15.3 Å². The molecule has 92 valence electrons. The Bertz CT molecular complexity index is 739. The van der Waals surface area contributed by atoms with Crippen LogP contribution in [0.2, 0.25) is 0 Å². The fraction of sp³-hybridized carbons (Fsp3) is 0.375. The van der Waals surface area contributed by atoms with Gasteiger partial charge in [-0.2, -0.15) is 5.10 Å². The van der Waals surface area contributed by atoms with Crippen LogP contribution in [-0.2, 0) is 9.84 Å². The van der Waals surface area contributed by atoms with Crippen LogP contribution in [0.25, 0.3) is 6.20 Å². The lowest BCUT2D eigenvalue weighted by Crippen LogP contribution is -2.46. The topological polar surface area (TPSA) is 109 Å². The third-order valence-corrected chi connectivity index (χ3v) is 3.13. The Balaban J connectivity index is 2.67. The monoisotopic (exact) mass is 257 g/mol. The molecule has 1 atom stereocenters. The number of aromatic nitrogens is 2. The normalized spacial score (nSPS) is 19.3. The Labute approximate surface area is 96.3 Å². The molecule has 0 saturated carbocycles. The molecule has 0 aliphatic carbocycles. The number of allylic oxidation sites excluding steroid dienone is 1. The molecule has 17 heavy (non-hydrogen) atoms. The molecule has 2 N–H and O–H groups in total. The molecule has 2 heterocycles. The average Bonchev–Trinajstić information content (AvgIpc) is 2.55. The Morgan fingerprint density at radius 1 is 1.47 bits per heavy atom. The van der Waals surface area contributed by atoms with Crippen LogP contribution >= 0.6 is 0 Å². The first-order valence-electron chi connectivity index (χ1n) is 4.77. The van der Waals surface area contributed by atoms with E-state index in [1.807, 2.05) is 0 Å². The number of H-pyrrole nitrogens is 1. The first kappa shape index (κ1) is 11.6. The van der Waals surface area contributed by atoms with Gasteiger partial charge in [-0.25, -0.2) is 18.1 Å². The molecule has 0 bridgehead atoms. The van der Waals surface area contributed by atoms with Crippen LogP contribution in [0.3, 0.4) is 0 Å². The van der Waals surface area contributed by atoms with Gasteiger partial charge in [-0.15, -0.1) is 0 Å². The largest absolute Gasteiger partial charge is 0.300 e. The summed E-state index contributed by atoms with van der Waals surface area (Å²) >= 11 is 0. The third-order valence-electron chi connectivity index (χ3n) is 2.11. The lowest BCUT2D eigenvalue weighted by atomic mass is 10.6. The summed E-state index contributed by atoms with van der Waals surface area (Å²) in [5, 5.41) is 6.45. The fourth-order valence-corrected chi connectivity index (χ4v) is 1.88. The van der Waals surface area contributed by atoms with E-state index in [2.05, 4.69) is 20.6 Å². The number of nitrogens with one attached hydrogen (secondary N) is 2. The van der Waals surface area contributed by atoms with Crippen molar-refractivity contribution in [3.05, 3.63) is 27.3 Å². The minimum Gasteiger partial charge on any atom is -0.273 e. The van der Waals surface area contributed by atoms with Gasteiger partial charge in [0.2, 0.25) is 5.50 Å². The smallest absolute Gasteiger partial charge is 0.273 e. The summed E-state index contributed by atoms with van der Waals surface area (Å²) in [5.74, 6) is 0. The van der Waals surface area contributed by atoms with Crippen LogP contribution in [0, 0.1) is 0 Å². The van der Waals surface area contributed by atoms with Crippen LogP contribution in [0.4, 0.5) is 0 Å². The van der Waals surface area contributed by atoms with Crippen molar-refractivity contribution in [2.45, 2.75) is 12.4 Å². The molecule has 0 spiro atoms. The SMILES string of the molecule is CC=Cn1[nH]c2c(c1=O)=NNC(S(C)(=O)=O)N=2. The van der Waals surface area contributed by atoms with Crippen molar-refractivity contribution >= 4 is 16.0 Å². The zero-order valence-corrected chi connectivity index (χ0v) is 10.0. The zero-order chi connectivity index (χ0) is 12.6. The average molecular weight is 257 g/mol. The molecular formula is C8H11N5O3S. The molecular weight excluding hydrogens is 246 g/mol. The molecule has 0 aromatic carbocycles. The van der Waals surface area contributed by atoms with Gasteiger partial charge >= 0.3 is 5.56 Å². The number of sulfone groups is 1. The summed E-state index contributed by atoms with van der Waals surface area (Å²) in [6, 6.07) is 0. The van der Waals surface area contributed by atoms with Crippen molar-refractivity contribution in [3.63, 3.8) is 0 Å². The Morgan fingerprint density at radius 3 is 2.76 bits per heavy atom. The number of nitrogens with zero attached hydrogens (tertiary/aromatic N) is 3. The van der Waals surface area contributed by atoms with Crippen LogP contribution in [0.5, 0.6) is 0 Å². The molecule has 1 aromatic heterocycles.